The van der Waals surface area contributed by atoms with Crippen LogP contribution in [0.4, 0.5) is 5.69 Å². The van der Waals surface area contributed by atoms with E-state index in [0.717, 1.165) is 20.9 Å². The highest BCUT2D eigenvalue weighted by molar-refractivity contribution is 7.18. The predicted octanol–water partition coefficient (Wildman–Crippen LogP) is 4.51. The van der Waals surface area contributed by atoms with E-state index in [9.17, 15) is 4.79 Å². The first-order valence-electron chi connectivity index (χ1n) is 6.06. The average Bonchev–Trinajstić information content (AvgIpc) is 2.78. The van der Waals surface area contributed by atoms with Crippen molar-refractivity contribution in [3.8, 4) is 0 Å². The number of rotatable bonds is 2. The van der Waals surface area contributed by atoms with Crippen LogP contribution in [0.3, 0.4) is 0 Å². The van der Waals surface area contributed by atoms with Gasteiger partial charge in [-0.1, -0.05) is 17.7 Å². The fourth-order valence-electron chi connectivity index (χ4n) is 1.95. The molecule has 0 saturated heterocycles. The van der Waals surface area contributed by atoms with Gasteiger partial charge in [-0.3, -0.25) is 4.79 Å². The number of amides is 1. The standard InChI is InChI=1S/C15H11ClN2OS/c1-9-17-13-8-12(5-6-14(13)20-9)18-15(19)10-3-2-4-11(16)7-10/h2-8H,1H3,(H,18,19). The smallest absolute Gasteiger partial charge is 0.255 e. The quantitative estimate of drug-likeness (QED) is 0.756. The normalized spacial score (nSPS) is 10.7. The number of thiazole rings is 1. The van der Waals surface area contributed by atoms with Crippen LogP contribution >= 0.6 is 22.9 Å². The van der Waals surface area contributed by atoms with Gasteiger partial charge >= 0.3 is 0 Å². The molecule has 3 nitrogen and oxygen atoms in total. The fourth-order valence-corrected chi connectivity index (χ4v) is 2.95. The van der Waals surface area contributed by atoms with Gasteiger partial charge in [0.2, 0.25) is 0 Å². The van der Waals surface area contributed by atoms with Crippen molar-refractivity contribution in [2.45, 2.75) is 6.92 Å². The molecule has 3 rings (SSSR count). The first-order valence-corrected chi connectivity index (χ1v) is 7.25. The summed E-state index contributed by atoms with van der Waals surface area (Å²) >= 11 is 7.52. The minimum absolute atomic E-state index is 0.182. The molecular weight excluding hydrogens is 292 g/mol. The second kappa shape index (κ2) is 5.23. The van der Waals surface area contributed by atoms with Crippen molar-refractivity contribution in [2.75, 3.05) is 5.32 Å². The highest BCUT2D eigenvalue weighted by atomic mass is 35.5. The zero-order valence-electron chi connectivity index (χ0n) is 10.7. The Morgan fingerprint density at radius 3 is 2.90 bits per heavy atom. The van der Waals surface area contributed by atoms with E-state index in [4.69, 9.17) is 11.6 Å². The van der Waals surface area contributed by atoms with Gasteiger partial charge in [0, 0.05) is 16.3 Å². The Morgan fingerprint density at radius 2 is 2.10 bits per heavy atom. The number of nitrogens with one attached hydrogen (secondary N) is 1. The summed E-state index contributed by atoms with van der Waals surface area (Å²) in [7, 11) is 0. The molecule has 1 heterocycles. The van der Waals surface area contributed by atoms with Gasteiger partial charge in [-0.05, 0) is 43.3 Å². The molecule has 0 spiro atoms. The van der Waals surface area contributed by atoms with Gasteiger partial charge in [-0.2, -0.15) is 0 Å². The van der Waals surface area contributed by atoms with Crippen molar-refractivity contribution in [3.05, 3.63) is 58.1 Å². The Hall–Kier alpha value is -1.91. The van der Waals surface area contributed by atoms with Crippen molar-refractivity contribution in [1.29, 1.82) is 0 Å². The second-order valence-electron chi connectivity index (χ2n) is 4.38. The number of halogens is 1. The summed E-state index contributed by atoms with van der Waals surface area (Å²) in [6.07, 6.45) is 0. The van der Waals surface area contributed by atoms with Crippen LogP contribution in [-0.4, -0.2) is 10.9 Å². The van der Waals surface area contributed by atoms with Crippen LogP contribution in [0.2, 0.25) is 5.02 Å². The number of hydrogen-bond donors (Lipinski definition) is 1. The van der Waals surface area contributed by atoms with E-state index >= 15 is 0 Å². The Morgan fingerprint density at radius 1 is 1.25 bits per heavy atom. The maximum Gasteiger partial charge on any atom is 0.255 e. The van der Waals surface area contributed by atoms with Crippen LogP contribution in [0.15, 0.2) is 42.5 Å². The molecule has 0 aliphatic carbocycles. The van der Waals surface area contributed by atoms with Crippen LogP contribution in [0, 0.1) is 6.92 Å². The Balaban J connectivity index is 1.87. The van der Waals surface area contributed by atoms with E-state index in [1.54, 1.807) is 35.6 Å². The van der Waals surface area contributed by atoms with Gasteiger partial charge in [-0.25, -0.2) is 4.98 Å². The molecule has 1 amide bonds. The van der Waals surface area contributed by atoms with Crippen molar-refractivity contribution in [3.63, 3.8) is 0 Å². The third kappa shape index (κ3) is 2.66. The van der Waals surface area contributed by atoms with Crippen LogP contribution in [-0.2, 0) is 0 Å². The minimum atomic E-state index is -0.182. The zero-order chi connectivity index (χ0) is 14.1. The molecule has 0 radical (unpaired) electrons. The summed E-state index contributed by atoms with van der Waals surface area (Å²) in [6, 6.07) is 12.6. The topological polar surface area (TPSA) is 42.0 Å². The van der Waals surface area contributed by atoms with Crippen LogP contribution in [0.1, 0.15) is 15.4 Å². The zero-order valence-corrected chi connectivity index (χ0v) is 12.3. The third-order valence-corrected chi connectivity index (χ3v) is 4.03. The average molecular weight is 303 g/mol. The number of carbonyl (C=O) groups excluding carboxylic acids is 1. The first-order chi connectivity index (χ1) is 9.61. The van der Waals surface area contributed by atoms with E-state index < -0.39 is 0 Å². The molecular formula is C15H11ClN2OS. The predicted molar refractivity (Wildman–Crippen MR) is 83.8 cm³/mol. The van der Waals surface area contributed by atoms with Crippen LogP contribution in [0.25, 0.3) is 10.2 Å². The Labute approximate surface area is 125 Å². The molecule has 1 aromatic heterocycles. The summed E-state index contributed by atoms with van der Waals surface area (Å²) in [5.74, 6) is -0.182. The van der Waals surface area contributed by atoms with Crippen molar-refractivity contribution >= 4 is 44.7 Å². The summed E-state index contributed by atoms with van der Waals surface area (Å²) in [5.41, 5.74) is 2.16. The number of fused-ring (bicyclic) bond motifs is 1. The first kappa shape index (κ1) is 13.1. The molecule has 0 aliphatic heterocycles. The Kier molecular flexibility index (Phi) is 3.42. The van der Waals surface area contributed by atoms with Crippen LogP contribution in [0.5, 0.6) is 0 Å². The maximum atomic E-state index is 12.1. The fraction of sp³-hybridized carbons (Fsp3) is 0.0667. The number of anilines is 1. The summed E-state index contributed by atoms with van der Waals surface area (Å²) < 4.78 is 1.11. The molecule has 0 atom stereocenters. The molecule has 0 fully saturated rings. The number of aryl methyl sites for hydroxylation is 1. The lowest BCUT2D eigenvalue weighted by Gasteiger charge is -2.05. The third-order valence-electron chi connectivity index (χ3n) is 2.84. The van der Waals surface area contributed by atoms with Gasteiger partial charge in [0.25, 0.3) is 5.91 Å². The van der Waals surface area contributed by atoms with E-state index in [-0.39, 0.29) is 5.91 Å². The minimum Gasteiger partial charge on any atom is -0.322 e. The van der Waals surface area contributed by atoms with Gasteiger partial charge in [0.15, 0.2) is 0 Å². The molecule has 20 heavy (non-hydrogen) atoms. The van der Waals surface area contributed by atoms with E-state index in [2.05, 4.69) is 10.3 Å². The molecule has 0 bridgehead atoms. The van der Waals surface area contributed by atoms with Gasteiger partial charge in [0.05, 0.1) is 15.2 Å². The molecule has 0 unspecified atom stereocenters. The second-order valence-corrected chi connectivity index (χ2v) is 6.05. The van der Waals surface area contributed by atoms with Gasteiger partial charge < -0.3 is 5.32 Å². The molecule has 0 aliphatic rings. The lowest BCUT2D eigenvalue weighted by Crippen LogP contribution is -2.11. The lowest BCUT2D eigenvalue weighted by molar-refractivity contribution is 0.102. The van der Waals surface area contributed by atoms with Gasteiger partial charge in [-0.15, -0.1) is 11.3 Å². The SMILES string of the molecule is Cc1nc2cc(NC(=O)c3cccc(Cl)c3)ccc2s1. The molecule has 0 saturated carbocycles. The number of carbonyl (C=O) groups is 1. The summed E-state index contributed by atoms with van der Waals surface area (Å²) in [6.45, 7) is 1.97. The molecule has 5 heteroatoms. The highest BCUT2D eigenvalue weighted by Gasteiger charge is 2.08. The summed E-state index contributed by atoms with van der Waals surface area (Å²) in [5, 5.41) is 4.41. The highest BCUT2D eigenvalue weighted by Crippen LogP contribution is 2.24. The maximum absolute atomic E-state index is 12.1. The monoisotopic (exact) mass is 302 g/mol. The van der Waals surface area contributed by atoms with E-state index in [1.807, 2.05) is 25.1 Å². The molecule has 2 aromatic carbocycles. The van der Waals surface area contributed by atoms with Crippen molar-refractivity contribution in [2.24, 2.45) is 0 Å². The number of hydrogen-bond acceptors (Lipinski definition) is 3. The summed E-state index contributed by atoms with van der Waals surface area (Å²) in [4.78, 5) is 16.5. The van der Waals surface area contributed by atoms with E-state index in [0.29, 0.717) is 10.6 Å². The number of benzene rings is 2. The molecule has 3 aromatic rings. The number of nitrogens with zero attached hydrogens (tertiary/aromatic N) is 1. The lowest BCUT2D eigenvalue weighted by atomic mass is 10.2. The Bertz CT molecular complexity index is 797. The number of aromatic nitrogens is 1. The van der Waals surface area contributed by atoms with Crippen LogP contribution < -0.4 is 5.32 Å². The molecule has 1 N–H and O–H groups in total. The van der Waals surface area contributed by atoms with E-state index in [1.165, 1.54) is 0 Å². The van der Waals surface area contributed by atoms with Crippen molar-refractivity contribution in [1.82, 2.24) is 4.98 Å². The van der Waals surface area contributed by atoms with Gasteiger partial charge in [0.1, 0.15) is 0 Å². The largest absolute Gasteiger partial charge is 0.322 e. The molecule has 100 valence electrons. The van der Waals surface area contributed by atoms with Crippen molar-refractivity contribution < 1.29 is 4.79 Å².